The zero-order valence-corrected chi connectivity index (χ0v) is 14.9. The standard InChI is InChI=1S/C20H22N4O3/c21-9-10-22-15-5-3-6-16(13-15)23-18(25)8-11-24-19(26)12-14-4-1-2-7-17(14)20(24)27/h1-7,13,22H,8-12,21H2,(H,23,25). The van der Waals surface area contributed by atoms with Gasteiger partial charge in [-0.1, -0.05) is 24.3 Å². The molecule has 1 heterocycles. The summed E-state index contributed by atoms with van der Waals surface area (Å²) >= 11 is 0. The van der Waals surface area contributed by atoms with Crippen LogP contribution in [0.1, 0.15) is 22.3 Å². The topological polar surface area (TPSA) is 105 Å². The minimum Gasteiger partial charge on any atom is -0.384 e. The van der Waals surface area contributed by atoms with Crippen LogP contribution in [0.2, 0.25) is 0 Å². The lowest BCUT2D eigenvalue weighted by Crippen LogP contribution is -2.43. The number of carbonyl (C=O) groups is 3. The number of rotatable bonds is 7. The van der Waals surface area contributed by atoms with Crippen LogP contribution in [0, 0.1) is 0 Å². The van der Waals surface area contributed by atoms with E-state index in [0.717, 1.165) is 16.2 Å². The highest BCUT2D eigenvalue weighted by Crippen LogP contribution is 2.20. The van der Waals surface area contributed by atoms with Gasteiger partial charge in [0.1, 0.15) is 0 Å². The van der Waals surface area contributed by atoms with Gasteiger partial charge < -0.3 is 16.4 Å². The molecule has 0 aliphatic carbocycles. The van der Waals surface area contributed by atoms with Gasteiger partial charge in [0.2, 0.25) is 11.8 Å². The summed E-state index contributed by atoms with van der Waals surface area (Å²) < 4.78 is 0. The summed E-state index contributed by atoms with van der Waals surface area (Å²) in [6, 6.07) is 14.3. The van der Waals surface area contributed by atoms with Crippen molar-refractivity contribution in [2.75, 3.05) is 30.3 Å². The van der Waals surface area contributed by atoms with E-state index in [4.69, 9.17) is 5.73 Å². The molecule has 1 aliphatic rings. The SMILES string of the molecule is NCCNc1cccc(NC(=O)CCN2C(=O)Cc3ccccc3C2=O)c1. The molecule has 0 unspecified atom stereocenters. The molecular weight excluding hydrogens is 344 g/mol. The zero-order valence-electron chi connectivity index (χ0n) is 14.9. The predicted octanol–water partition coefficient (Wildman–Crippen LogP) is 1.61. The minimum atomic E-state index is -0.345. The maximum absolute atomic E-state index is 12.5. The second kappa shape index (κ2) is 8.46. The highest BCUT2D eigenvalue weighted by molar-refractivity contribution is 6.10. The van der Waals surface area contributed by atoms with Gasteiger partial charge in [0.15, 0.2) is 0 Å². The molecule has 0 saturated carbocycles. The summed E-state index contributed by atoms with van der Waals surface area (Å²) in [7, 11) is 0. The maximum atomic E-state index is 12.5. The van der Waals surface area contributed by atoms with Crippen LogP contribution in [0.25, 0.3) is 0 Å². The van der Waals surface area contributed by atoms with Crippen molar-refractivity contribution < 1.29 is 14.4 Å². The zero-order chi connectivity index (χ0) is 19.2. The number of nitrogens with zero attached hydrogens (tertiary/aromatic N) is 1. The molecule has 7 heteroatoms. The van der Waals surface area contributed by atoms with Crippen molar-refractivity contribution in [3.05, 3.63) is 59.7 Å². The van der Waals surface area contributed by atoms with Gasteiger partial charge in [0.25, 0.3) is 5.91 Å². The van der Waals surface area contributed by atoms with Crippen molar-refractivity contribution >= 4 is 29.1 Å². The van der Waals surface area contributed by atoms with E-state index in [2.05, 4.69) is 10.6 Å². The van der Waals surface area contributed by atoms with Crippen LogP contribution in [0.5, 0.6) is 0 Å². The Morgan fingerprint density at radius 1 is 1.07 bits per heavy atom. The lowest BCUT2D eigenvalue weighted by molar-refractivity contribution is -0.128. The Hall–Kier alpha value is -3.19. The molecule has 27 heavy (non-hydrogen) atoms. The van der Waals surface area contributed by atoms with Gasteiger partial charge >= 0.3 is 0 Å². The molecule has 0 atom stereocenters. The third-order valence-electron chi connectivity index (χ3n) is 4.32. The van der Waals surface area contributed by atoms with E-state index in [0.29, 0.717) is 24.3 Å². The molecule has 0 aromatic heterocycles. The normalized spacial score (nSPS) is 13.3. The largest absolute Gasteiger partial charge is 0.384 e. The Labute approximate surface area is 157 Å². The molecule has 4 N–H and O–H groups in total. The monoisotopic (exact) mass is 366 g/mol. The van der Waals surface area contributed by atoms with E-state index < -0.39 is 0 Å². The van der Waals surface area contributed by atoms with Crippen molar-refractivity contribution in [1.82, 2.24) is 4.90 Å². The number of hydrogen-bond donors (Lipinski definition) is 3. The highest BCUT2D eigenvalue weighted by Gasteiger charge is 2.30. The molecule has 3 rings (SSSR count). The maximum Gasteiger partial charge on any atom is 0.260 e. The molecule has 1 aliphatic heterocycles. The van der Waals surface area contributed by atoms with Crippen molar-refractivity contribution in [1.29, 1.82) is 0 Å². The van der Waals surface area contributed by atoms with Gasteiger partial charge in [0.05, 0.1) is 6.42 Å². The van der Waals surface area contributed by atoms with Crippen LogP contribution in [0.4, 0.5) is 11.4 Å². The second-order valence-corrected chi connectivity index (χ2v) is 6.28. The Morgan fingerprint density at radius 2 is 1.85 bits per heavy atom. The summed E-state index contributed by atoms with van der Waals surface area (Å²) in [5.74, 6) is -0.882. The molecule has 2 aromatic rings. The highest BCUT2D eigenvalue weighted by atomic mass is 16.2. The Kier molecular flexibility index (Phi) is 5.83. The molecule has 0 spiro atoms. The third-order valence-corrected chi connectivity index (χ3v) is 4.32. The van der Waals surface area contributed by atoms with E-state index in [1.165, 1.54) is 0 Å². The van der Waals surface area contributed by atoms with Crippen molar-refractivity contribution in [2.24, 2.45) is 5.73 Å². The molecule has 0 saturated heterocycles. The number of nitrogens with two attached hydrogens (primary N) is 1. The second-order valence-electron chi connectivity index (χ2n) is 6.28. The molecule has 7 nitrogen and oxygen atoms in total. The lowest BCUT2D eigenvalue weighted by Gasteiger charge is -2.26. The summed E-state index contributed by atoms with van der Waals surface area (Å²) in [6.07, 6.45) is 0.221. The molecule has 0 bridgehead atoms. The smallest absolute Gasteiger partial charge is 0.260 e. The van der Waals surface area contributed by atoms with E-state index in [-0.39, 0.29) is 37.1 Å². The van der Waals surface area contributed by atoms with Gasteiger partial charge in [0, 0.05) is 43.0 Å². The first-order valence-electron chi connectivity index (χ1n) is 8.85. The summed E-state index contributed by atoms with van der Waals surface area (Å²) in [5.41, 5.74) is 8.22. The fourth-order valence-electron chi connectivity index (χ4n) is 2.99. The number of imide groups is 1. The van der Waals surface area contributed by atoms with Crippen molar-refractivity contribution in [2.45, 2.75) is 12.8 Å². The predicted molar refractivity (Wildman–Crippen MR) is 103 cm³/mol. The Balaban J connectivity index is 1.58. The number of benzene rings is 2. The fraction of sp³-hybridized carbons (Fsp3) is 0.250. The number of carbonyl (C=O) groups excluding carboxylic acids is 3. The number of fused-ring (bicyclic) bond motifs is 1. The lowest BCUT2D eigenvalue weighted by atomic mass is 9.98. The molecule has 0 radical (unpaired) electrons. The third kappa shape index (κ3) is 4.51. The van der Waals surface area contributed by atoms with Crippen LogP contribution in [0.15, 0.2) is 48.5 Å². The Morgan fingerprint density at radius 3 is 2.67 bits per heavy atom. The first-order valence-corrected chi connectivity index (χ1v) is 8.85. The van der Waals surface area contributed by atoms with E-state index in [1.54, 1.807) is 36.4 Å². The summed E-state index contributed by atoms with van der Waals surface area (Å²) in [4.78, 5) is 38.1. The van der Waals surface area contributed by atoms with Gasteiger partial charge in [-0.15, -0.1) is 0 Å². The minimum absolute atomic E-state index is 0.0418. The summed E-state index contributed by atoms with van der Waals surface area (Å²) in [6.45, 7) is 1.21. The van der Waals surface area contributed by atoms with Gasteiger partial charge in [-0.05, 0) is 29.8 Å². The first kappa shape index (κ1) is 18.6. The van der Waals surface area contributed by atoms with Gasteiger partial charge in [-0.3, -0.25) is 19.3 Å². The average Bonchev–Trinajstić information content (AvgIpc) is 2.66. The van der Waals surface area contributed by atoms with E-state index in [9.17, 15) is 14.4 Å². The molecule has 2 aromatic carbocycles. The molecule has 140 valence electrons. The van der Waals surface area contributed by atoms with Crippen molar-refractivity contribution in [3.63, 3.8) is 0 Å². The van der Waals surface area contributed by atoms with Gasteiger partial charge in [-0.25, -0.2) is 0 Å². The summed E-state index contributed by atoms with van der Waals surface area (Å²) in [5, 5.41) is 5.93. The van der Waals surface area contributed by atoms with Crippen LogP contribution in [0.3, 0.4) is 0 Å². The van der Waals surface area contributed by atoms with Crippen LogP contribution in [-0.2, 0) is 16.0 Å². The molecule has 0 fully saturated rings. The van der Waals surface area contributed by atoms with E-state index >= 15 is 0 Å². The Bertz CT molecular complexity index is 866. The van der Waals surface area contributed by atoms with Crippen LogP contribution < -0.4 is 16.4 Å². The fourth-order valence-corrected chi connectivity index (χ4v) is 2.99. The first-order chi connectivity index (χ1) is 13.1. The number of amides is 3. The average molecular weight is 366 g/mol. The van der Waals surface area contributed by atoms with E-state index in [1.807, 2.05) is 12.1 Å². The number of anilines is 2. The number of nitrogens with one attached hydrogen (secondary N) is 2. The van der Waals surface area contributed by atoms with Crippen molar-refractivity contribution in [3.8, 4) is 0 Å². The quantitative estimate of drug-likeness (QED) is 0.646. The molecular formula is C20H22N4O3. The molecule has 3 amide bonds. The van der Waals surface area contributed by atoms with Gasteiger partial charge in [-0.2, -0.15) is 0 Å². The number of hydrogen-bond acceptors (Lipinski definition) is 5. The van der Waals surface area contributed by atoms with Crippen LogP contribution >= 0.6 is 0 Å². The van der Waals surface area contributed by atoms with Crippen LogP contribution in [-0.4, -0.2) is 42.3 Å².